The van der Waals surface area contributed by atoms with E-state index in [0.29, 0.717) is 0 Å². The molecule has 0 fully saturated rings. The van der Waals surface area contributed by atoms with Crippen LogP contribution in [0.15, 0.2) is 193 Å². The number of rotatable bonds is 4. The molecule has 0 N–H and O–H groups in total. The van der Waals surface area contributed by atoms with Crippen LogP contribution in [-0.2, 0) is 10.8 Å². The Balaban J connectivity index is 0.997. The molecule has 2 heterocycles. The highest BCUT2D eigenvalue weighted by Gasteiger charge is 2.46. The quantitative estimate of drug-likeness (QED) is 0.164. The minimum Gasteiger partial charge on any atom is -0.310 e. The molecule has 1 aliphatic carbocycles. The number of hydrogen-bond donors (Lipinski definition) is 0. The summed E-state index contributed by atoms with van der Waals surface area (Å²) in [6.45, 7) is 9.68. The van der Waals surface area contributed by atoms with Gasteiger partial charge in [-0.15, -0.1) is 0 Å². The van der Waals surface area contributed by atoms with Gasteiger partial charge in [-0.2, -0.15) is 0 Å². The van der Waals surface area contributed by atoms with Crippen molar-refractivity contribution in [1.82, 2.24) is 0 Å². The molecule has 12 rings (SSSR count). The molecule has 9 aromatic rings. The zero-order valence-corrected chi connectivity index (χ0v) is 34.6. The third-order valence-electron chi connectivity index (χ3n) is 14.1. The Morgan fingerprint density at radius 3 is 1.97 bits per heavy atom. The molecule has 2 heteroatoms. The summed E-state index contributed by atoms with van der Waals surface area (Å²) in [4.78, 5) is 5.07. The second-order valence-corrected chi connectivity index (χ2v) is 18.1. The van der Waals surface area contributed by atoms with E-state index in [-0.39, 0.29) is 10.8 Å². The summed E-state index contributed by atoms with van der Waals surface area (Å²) in [5.74, 6) is 0. The number of fused-ring (bicyclic) bond motifs is 8. The van der Waals surface area contributed by atoms with Crippen LogP contribution in [0.5, 0.6) is 0 Å². The summed E-state index contributed by atoms with van der Waals surface area (Å²) in [5.41, 5.74) is 15.6. The maximum absolute atomic E-state index is 2.59. The molecule has 0 bridgehead atoms. The van der Waals surface area contributed by atoms with Gasteiger partial charge in [0.05, 0.1) is 22.7 Å². The molecule has 9 aromatic carbocycles. The van der Waals surface area contributed by atoms with Gasteiger partial charge in [0, 0.05) is 33.0 Å². The first-order chi connectivity index (χ1) is 29.3. The lowest BCUT2D eigenvalue weighted by atomic mass is 9.65. The Bertz CT molecular complexity index is 3340. The summed E-state index contributed by atoms with van der Waals surface area (Å²) in [6, 6.07) is 63.6. The van der Waals surface area contributed by atoms with Crippen LogP contribution >= 0.6 is 0 Å². The highest BCUT2D eigenvalue weighted by atomic mass is 15.2. The van der Waals surface area contributed by atoms with E-state index in [0.717, 1.165) is 18.5 Å². The molecule has 0 saturated heterocycles. The normalized spacial score (nSPS) is 16.0. The molecule has 3 aliphatic rings. The van der Waals surface area contributed by atoms with Crippen LogP contribution in [-0.4, -0.2) is 0 Å². The molecule has 288 valence electrons. The molecular weight excluding hydrogens is 725 g/mol. The van der Waals surface area contributed by atoms with Gasteiger partial charge in [-0.1, -0.05) is 161 Å². The Labute approximate surface area is 352 Å². The molecule has 0 atom stereocenters. The fourth-order valence-electron chi connectivity index (χ4n) is 11.0. The molecule has 0 aromatic heterocycles. The minimum atomic E-state index is -0.163. The van der Waals surface area contributed by atoms with Gasteiger partial charge in [0.2, 0.25) is 0 Å². The molecular formula is C58H46N2. The topological polar surface area (TPSA) is 6.48 Å². The average Bonchev–Trinajstić information content (AvgIpc) is 3.29. The zero-order valence-electron chi connectivity index (χ0n) is 34.6. The van der Waals surface area contributed by atoms with Crippen LogP contribution < -0.4 is 9.80 Å². The molecule has 0 unspecified atom stereocenters. The Kier molecular flexibility index (Phi) is 7.48. The van der Waals surface area contributed by atoms with Crippen molar-refractivity contribution in [2.45, 2.75) is 51.4 Å². The van der Waals surface area contributed by atoms with Crippen LogP contribution in [0.1, 0.15) is 57.2 Å². The van der Waals surface area contributed by atoms with Crippen molar-refractivity contribution in [2.24, 2.45) is 0 Å². The Morgan fingerprint density at radius 1 is 0.467 bits per heavy atom. The fourth-order valence-corrected chi connectivity index (χ4v) is 11.0. The van der Waals surface area contributed by atoms with Crippen molar-refractivity contribution in [3.63, 3.8) is 0 Å². The third-order valence-corrected chi connectivity index (χ3v) is 14.1. The van der Waals surface area contributed by atoms with Gasteiger partial charge >= 0.3 is 0 Å². The zero-order chi connectivity index (χ0) is 40.3. The van der Waals surface area contributed by atoms with Crippen molar-refractivity contribution in [2.75, 3.05) is 9.80 Å². The van der Waals surface area contributed by atoms with Gasteiger partial charge in [-0.05, 0) is 127 Å². The molecule has 2 aliphatic heterocycles. The highest BCUT2D eigenvalue weighted by Crippen LogP contribution is 2.59. The first kappa shape index (κ1) is 35.1. The van der Waals surface area contributed by atoms with E-state index in [9.17, 15) is 0 Å². The second kappa shape index (κ2) is 12.8. The van der Waals surface area contributed by atoms with E-state index in [2.05, 4.69) is 220 Å². The number of anilines is 5. The van der Waals surface area contributed by atoms with Gasteiger partial charge in [0.1, 0.15) is 0 Å². The maximum atomic E-state index is 2.59. The summed E-state index contributed by atoms with van der Waals surface area (Å²) < 4.78 is 0. The number of allylic oxidation sites excluding steroid dienone is 3. The lowest BCUT2D eigenvalue weighted by Crippen LogP contribution is -2.40. The molecule has 2 nitrogen and oxygen atoms in total. The monoisotopic (exact) mass is 770 g/mol. The van der Waals surface area contributed by atoms with E-state index < -0.39 is 0 Å². The van der Waals surface area contributed by atoms with Crippen molar-refractivity contribution < 1.29 is 0 Å². The summed E-state index contributed by atoms with van der Waals surface area (Å²) in [5, 5.41) is 9.88. The summed E-state index contributed by atoms with van der Waals surface area (Å²) in [6.07, 6.45) is 6.96. The van der Waals surface area contributed by atoms with Gasteiger partial charge in [-0.25, -0.2) is 0 Å². The average molecular weight is 771 g/mol. The molecule has 0 spiro atoms. The number of nitrogens with zero attached hydrogens (tertiary/aromatic N) is 2. The van der Waals surface area contributed by atoms with Crippen molar-refractivity contribution in [3.8, 4) is 11.1 Å². The fraction of sp³-hybridized carbons (Fsp3) is 0.138. The number of para-hydroxylation sites is 1. The summed E-state index contributed by atoms with van der Waals surface area (Å²) in [7, 11) is 0. The van der Waals surface area contributed by atoms with Crippen LogP contribution in [0.25, 0.3) is 54.2 Å². The smallest absolute Gasteiger partial charge is 0.0546 e. The van der Waals surface area contributed by atoms with E-state index in [4.69, 9.17) is 0 Å². The molecule has 0 saturated carbocycles. The van der Waals surface area contributed by atoms with Crippen LogP contribution in [0, 0.1) is 0 Å². The minimum absolute atomic E-state index is 0.00437. The maximum Gasteiger partial charge on any atom is 0.0546 e. The third kappa shape index (κ3) is 5.00. The Hall–Kier alpha value is -6.90. The van der Waals surface area contributed by atoms with Gasteiger partial charge in [0.25, 0.3) is 0 Å². The largest absolute Gasteiger partial charge is 0.310 e. The lowest BCUT2D eigenvalue weighted by molar-refractivity contribution is 0.555. The number of benzene rings is 9. The standard InChI is InChI=1S/C58H46N2/c1-57(2)48-22-11-12-25-53(48)60-54-32-30-41(35-51(54)58(3,4)50-24-14-23-49(57)56(50)60)38-27-28-40-34-43(31-29-39(40)33-38)59(52-26-13-17-37-15-5-8-19-45(37)52)55-36-42-16-6-7-18-44(42)46-20-9-10-21-47(46)55/h5-10,12-21,23-36H,11,22H2,1-4H3. The van der Waals surface area contributed by atoms with Crippen LogP contribution in [0.3, 0.4) is 0 Å². The number of hydrogen-bond acceptors (Lipinski definition) is 2. The molecule has 60 heavy (non-hydrogen) atoms. The first-order valence-corrected chi connectivity index (χ1v) is 21.5. The second-order valence-electron chi connectivity index (χ2n) is 18.1. The van der Waals surface area contributed by atoms with Crippen molar-refractivity contribution >= 4 is 71.5 Å². The predicted octanol–water partition coefficient (Wildman–Crippen LogP) is 16.1. The first-order valence-electron chi connectivity index (χ1n) is 21.5. The van der Waals surface area contributed by atoms with E-state index >= 15 is 0 Å². The van der Waals surface area contributed by atoms with E-state index in [1.165, 1.54) is 99.4 Å². The molecule has 0 radical (unpaired) electrons. The van der Waals surface area contributed by atoms with Crippen molar-refractivity contribution in [1.29, 1.82) is 0 Å². The highest BCUT2D eigenvalue weighted by molar-refractivity contribution is 6.16. The molecule has 0 amide bonds. The Morgan fingerprint density at radius 2 is 1.12 bits per heavy atom. The van der Waals surface area contributed by atoms with Gasteiger partial charge < -0.3 is 9.80 Å². The predicted molar refractivity (Wildman–Crippen MR) is 256 cm³/mol. The van der Waals surface area contributed by atoms with Gasteiger partial charge in [0.15, 0.2) is 0 Å². The van der Waals surface area contributed by atoms with E-state index in [1.807, 2.05) is 0 Å². The SMILES string of the molecule is CC1(C)C2=C(C=CCC2)N2c3ccc(-c4ccc5cc(N(c6cccc7ccccc67)c6cc7ccccc7c7ccccc67)ccc5c4)cc3C(C)(C)c3cccc1c32. The summed E-state index contributed by atoms with van der Waals surface area (Å²) >= 11 is 0. The van der Waals surface area contributed by atoms with Crippen molar-refractivity contribution in [3.05, 3.63) is 210 Å². The van der Waals surface area contributed by atoms with Gasteiger partial charge in [-0.3, -0.25) is 0 Å². The van der Waals surface area contributed by atoms with Crippen LogP contribution in [0.4, 0.5) is 28.4 Å². The van der Waals surface area contributed by atoms with E-state index in [1.54, 1.807) is 5.57 Å². The van der Waals surface area contributed by atoms with Crippen LogP contribution in [0.2, 0.25) is 0 Å². The lowest BCUT2D eigenvalue weighted by Gasteiger charge is -2.50.